The first-order valence-electron chi connectivity index (χ1n) is 12.3. The quantitative estimate of drug-likeness (QED) is 0.178. The number of methoxy groups -OCH3 is 1. The molecule has 0 saturated carbocycles. The van der Waals surface area contributed by atoms with Gasteiger partial charge >= 0.3 is 0 Å². The van der Waals surface area contributed by atoms with Crippen LogP contribution in [0.15, 0.2) is 36.5 Å². The first-order chi connectivity index (χ1) is 18.7. The zero-order chi connectivity index (χ0) is 28.2. The van der Waals surface area contributed by atoms with Crippen molar-refractivity contribution in [2.75, 3.05) is 26.7 Å². The smallest absolute Gasteiger partial charge is 0.249 e. The van der Waals surface area contributed by atoms with Crippen LogP contribution in [0.2, 0.25) is 0 Å². The third kappa shape index (κ3) is 6.14. The molecule has 0 spiro atoms. The summed E-state index contributed by atoms with van der Waals surface area (Å²) in [6, 6.07) is 6.03. The van der Waals surface area contributed by atoms with E-state index in [1.165, 1.54) is 7.11 Å². The number of likely N-dealkylation sites (tertiary alicyclic amines) is 1. The second kappa shape index (κ2) is 12.0. The SMILES string of the molecule is COc1ccc2ncc(F)c(C(O)CCC3(C(=O)NO)CCN(CC#Cc4c(F)cc(F)cc4F)CC3)c2c1. The summed E-state index contributed by atoms with van der Waals surface area (Å²) < 4.78 is 60.7. The Balaban J connectivity index is 1.45. The normalized spacial score (nSPS) is 15.9. The van der Waals surface area contributed by atoms with E-state index in [4.69, 9.17) is 4.74 Å². The number of carbonyl (C=O) groups excluding carboxylic acids is 1. The highest BCUT2D eigenvalue weighted by Crippen LogP contribution is 2.40. The Labute approximate surface area is 222 Å². The molecule has 39 heavy (non-hydrogen) atoms. The second-order valence-electron chi connectivity index (χ2n) is 9.50. The fourth-order valence-corrected chi connectivity index (χ4v) is 4.94. The van der Waals surface area contributed by atoms with Gasteiger partial charge in [0.15, 0.2) is 0 Å². The molecule has 1 atom stereocenters. The number of carbonyl (C=O) groups is 1. The molecule has 1 amide bonds. The van der Waals surface area contributed by atoms with Crippen LogP contribution in [0.4, 0.5) is 17.6 Å². The van der Waals surface area contributed by atoms with Crippen LogP contribution in [0.1, 0.15) is 42.9 Å². The molecule has 3 aromatic rings. The number of nitrogens with zero attached hydrogens (tertiary/aromatic N) is 2. The highest BCUT2D eigenvalue weighted by atomic mass is 19.1. The van der Waals surface area contributed by atoms with Crippen LogP contribution in [0.25, 0.3) is 10.9 Å². The van der Waals surface area contributed by atoms with Gasteiger partial charge in [-0.1, -0.05) is 11.8 Å². The fraction of sp³-hybridized carbons (Fsp3) is 0.357. The van der Waals surface area contributed by atoms with E-state index < -0.39 is 46.3 Å². The second-order valence-corrected chi connectivity index (χ2v) is 9.50. The number of pyridine rings is 1. The van der Waals surface area contributed by atoms with E-state index >= 15 is 0 Å². The summed E-state index contributed by atoms with van der Waals surface area (Å²) in [6.07, 6.45) is 0.548. The Bertz CT molecular complexity index is 1410. The van der Waals surface area contributed by atoms with Gasteiger partial charge in [0.25, 0.3) is 0 Å². The fourth-order valence-electron chi connectivity index (χ4n) is 4.94. The van der Waals surface area contributed by atoms with Gasteiger partial charge in [0.05, 0.1) is 42.5 Å². The van der Waals surface area contributed by atoms with E-state index in [1.807, 2.05) is 4.90 Å². The number of aliphatic hydroxyl groups is 1. The number of benzene rings is 2. The monoisotopic (exact) mass is 545 g/mol. The van der Waals surface area contributed by atoms with Crippen molar-refractivity contribution < 1.29 is 37.4 Å². The zero-order valence-electron chi connectivity index (χ0n) is 21.1. The molecule has 7 nitrogen and oxygen atoms in total. The van der Waals surface area contributed by atoms with Crippen LogP contribution in [0.5, 0.6) is 5.75 Å². The van der Waals surface area contributed by atoms with Crippen LogP contribution >= 0.6 is 0 Å². The van der Waals surface area contributed by atoms with E-state index in [-0.39, 0.29) is 24.9 Å². The number of hydrogen-bond donors (Lipinski definition) is 3. The van der Waals surface area contributed by atoms with Crippen molar-refractivity contribution in [3.8, 4) is 17.6 Å². The number of aromatic nitrogens is 1. The molecule has 2 heterocycles. The maximum Gasteiger partial charge on any atom is 0.249 e. The predicted molar refractivity (Wildman–Crippen MR) is 134 cm³/mol. The Hall–Kier alpha value is -3.72. The van der Waals surface area contributed by atoms with Crippen LogP contribution in [-0.2, 0) is 4.79 Å². The molecule has 2 aromatic carbocycles. The lowest BCUT2D eigenvalue weighted by Crippen LogP contribution is -2.48. The largest absolute Gasteiger partial charge is 0.497 e. The van der Waals surface area contributed by atoms with Crippen molar-refractivity contribution in [1.29, 1.82) is 0 Å². The van der Waals surface area contributed by atoms with Crippen LogP contribution in [0.3, 0.4) is 0 Å². The Kier molecular flexibility index (Phi) is 8.70. The summed E-state index contributed by atoms with van der Waals surface area (Å²) in [4.78, 5) is 18.6. The molecule has 1 saturated heterocycles. The zero-order valence-corrected chi connectivity index (χ0v) is 21.1. The average Bonchev–Trinajstić information content (AvgIpc) is 2.93. The summed E-state index contributed by atoms with van der Waals surface area (Å²) >= 11 is 0. The minimum Gasteiger partial charge on any atom is -0.497 e. The van der Waals surface area contributed by atoms with Gasteiger partial charge in [-0.15, -0.1) is 0 Å². The minimum absolute atomic E-state index is 0.0313. The molecular formula is C28H27F4N3O4. The first-order valence-corrected chi connectivity index (χ1v) is 12.3. The maximum absolute atomic E-state index is 14.8. The van der Waals surface area contributed by atoms with Crippen LogP contribution < -0.4 is 10.2 Å². The first kappa shape index (κ1) is 28.3. The van der Waals surface area contributed by atoms with Gasteiger partial charge in [-0.05, 0) is 43.9 Å². The Morgan fingerprint density at radius 2 is 1.85 bits per heavy atom. The molecule has 4 rings (SSSR count). The average molecular weight is 546 g/mol. The summed E-state index contributed by atoms with van der Waals surface area (Å²) in [6.45, 7) is 0.887. The predicted octanol–water partition coefficient (Wildman–Crippen LogP) is 4.25. The number of ether oxygens (including phenoxy) is 1. The number of hydroxylamine groups is 1. The third-order valence-corrected chi connectivity index (χ3v) is 7.22. The molecule has 0 radical (unpaired) electrons. The Morgan fingerprint density at radius 3 is 2.49 bits per heavy atom. The topological polar surface area (TPSA) is 94.9 Å². The van der Waals surface area contributed by atoms with Crippen molar-refractivity contribution in [2.24, 2.45) is 5.41 Å². The lowest BCUT2D eigenvalue weighted by molar-refractivity contribution is -0.143. The van der Waals surface area contributed by atoms with Gasteiger partial charge in [0.2, 0.25) is 5.91 Å². The number of fused-ring (bicyclic) bond motifs is 1. The highest BCUT2D eigenvalue weighted by molar-refractivity contribution is 5.84. The standard InChI is InChI=1S/C28H27F4N3O4/c1-39-18-4-5-24-20(15-18)26(23(32)16-33-24)25(36)6-7-28(27(37)34-38)8-11-35(12-9-28)10-2-3-19-21(30)13-17(29)14-22(19)31/h4-5,13-16,25,36,38H,6-12H2,1H3,(H,34,37). The number of piperidine rings is 1. The summed E-state index contributed by atoms with van der Waals surface area (Å²) in [5, 5.41) is 20.8. The lowest BCUT2D eigenvalue weighted by Gasteiger charge is -2.40. The van der Waals surface area contributed by atoms with E-state index in [2.05, 4.69) is 16.8 Å². The maximum atomic E-state index is 14.8. The molecule has 1 fully saturated rings. The van der Waals surface area contributed by atoms with E-state index in [0.29, 0.717) is 54.7 Å². The molecule has 0 bridgehead atoms. The number of aliphatic hydroxyl groups excluding tert-OH is 1. The van der Waals surface area contributed by atoms with Crippen molar-refractivity contribution in [3.63, 3.8) is 0 Å². The summed E-state index contributed by atoms with van der Waals surface area (Å²) in [7, 11) is 1.47. The number of halogens is 4. The highest BCUT2D eigenvalue weighted by Gasteiger charge is 2.41. The van der Waals surface area contributed by atoms with E-state index in [9.17, 15) is 32.7 Å². The van der Waals surface area contributed by atoms with Crippen LogP contribution in [-0.4, -0.2) is 52.8 Å². The molecule has 3 N–H and O–H groups in total. The molecule has 0 aliphatic carbocycles. The Morgan fingerprint density at radius 1 is 1.15 bits per heavy atom. The molecule has 1 unspecified atom stereocenters. The molecule has 1 aromatic heterocycles. The number of amides is 1. The number of rotatable bonds is 7. The van der Waals surface area contributed by atoms with Crippen LogP contribution in [0, 0.1) is 40.5 Å². The van der Waals surface area contributed by atoms with Gasteiger partial charge in [0, 0.05) is 36.2 Å². The van der Waals surface area contributed by atoms with Gasteiger partial charge in [-0.25, -0.2) is 23.0 Å². The number of nitrogens with one attached hydrogen (secondary N) is 1. The minimum atomic E-state index is -1.25. The molecule has 1 aliphatic heterocycles. The van der Waals surface area contributed by atoms with Gasteiger partial charge in [-0.2, -0.15) is 0 Å². The van der Waals surface area contributed by atoms with Crippen molar-refractivity contribution in [1.82, 2.24) is 15.4 Å². The molecule has 11 heteroatoms. The third-order valence-electron chi connectivity index (χ3n) is 7.22. The van der Waals surface area contributed by atoms with Gasteiger partial charge in [-0.3, -0.25) is 19.9 Å². The van der Waals surface area contributed by atoms with E-state index in [0.717, 1.165) is 6.20 Å². The molecule has 206 valence electrons. The van der Waals surface area contributed by atoms with Crippen molar-refractivity contribution in [3.05, 3.63) is 70.9 Å². The number of hydrogen-bond acceptors (Lipinski definition) is 6. The molecular weight excluding hydrogens is 518 g/mol. The summed E-state index contributed by atoms with van der Waals surface area (Å²) in [5.41, 5.74) is 0.674. The van der Waals surface area contributed by atoms with Gasteiger partial charge < -0.3 is 9.84 Å². The van der Waals surface area contributed by atoms with Crippen molar-refractivity contribution >= 4 is 16.8 Å². The van der Waals surface area contributed by atoms with E-state index in [1.54, 1.807) is 23.7 Å². The lowest BCUT2D eigenvalue weighted by atomic mass is 9.73. The van der Waals surface area contributed by atoms with Gasteiger partial charge in [0.1, 0.15) is 29.0 Å². The molecule has 1 aliphatic rings. The van der Waals surface area contributed by atoms with Crippen molar-refractivity contribution in [2.45, 2.75) is 31.8 Å². The summed E-state index contributed by atoms with van der Waals surface area (Å²) in [5.74, 6) is 1.02.